The molecule has 0 aromatic heterocycles. The van der Waals surface area contributed by atoms with Crippen LogP contribution in [0.3, 0.4) is 0 Å². The van der Waals surface area contributed by atoms with Gasteiger partial charge in [-0.25, -0.2) is 0 Å². The molecule has 1 heterocycles. The Morgan fingerprint density at radius 3 is 1.71 bits per heavy atom. The highest BCUT2D eigenvalue weighted by Crippen LogP contribution is 2.56. The van der Waals surface area contributed by atoms with Crippen LogP contribution in [0, 0.1) is 22.2 Å². The molecule has 1 unspecified atom stereocenters. The second-order valence-electron chi connectivity index (χ2n) is 10.9. The maximum atomic E-state index is 11.0. The van der Waals surface area contributed by atoms with Crippen LogP contribution in [0.1, 0.15) is 89.0 Å². The zero-order valence-electron chi connectivity index (χ0n) is 16.4. The molecule has 126 valence electrons. The van der Waals surface area contributed by atoms with Crippen LogP contribution in [0.2, 0.25) is 0 Å². The van der Waals surface area contributed by atoms with E-state index >= 15 is 0 Å². The third-order valence-electron chi connectivity index (χ3n) is 6.35. The van der Waals surface area contributed by atoms with Crippen molar-refractivity contribution in [2.24, 2.45) is 22.2 Å². The summed E-state index contributed by atoms with van der Waals surface area (Å²) in [7, 11) is 0. The molecule has 21 heavy (non-hydrogen) atoms. The van der Waals surface area contributed by atoms with Gasteiger partial charge in [-0.1, -0.05) is 48.5 Å². The Balaban J connectivity index is 3.44. The fraction of sp³-hybridized carbons (Fsp3) is 1.00. The molecular formula is C19H39NO. The second-order valence-corrected chi connectivity index (χ2v) is 10.9. The molecule has 2 nitrogen and oxygen atoms in total. The van der Waals surface area contributed by atoms with Crippen LogP contribution < -0.4 is 0 Å². The van der Waals surface area contributed by atoms with Crippen LogP contribution >= 0.6 is 0 Å². The van der Waals surface area contributed by atoms with Crippen molar-refractivity contribution in [3.05, 3.63) is 0 Å². The Bertz CT molecular complexity index is 385. The Hall–Kier alpha value is -0.0800. The van der Waals surface area contributed by atoms with Gasteiger partial charge in [0.25, 0.3) is 0 Å². The van der Waals surface area contributed by atoms with E-state index in [1.54, 1.807) is 5.06 Å². The summed E-state index contributed by atoms with van der Waals surface area (Å²) in [4.78, 5) is 0. The fourth-order valence-electron chi connectivity index (χ4n) is 4.86. The SMILES string of the molecule is CC(C)(C)C1CC(C)(C)N(O)C(C)(C)C(C)(C)CC1(C)C. The van der Waals surface area contributed by atoms with Crippen LogP contribution in [0.4, 0.5) is 0 Å². The molecule has 0 aromatic carbocycles. The molecule has 0 spiro atoms. The van der Waals surface area contributed by atoms with Crippen LogP contribution in [0.15, 0.2) is 0 Å². The van der Waals surface area contributed by atoms with Gasteiger partial charge < -0.3 is 5.21 Å². The first-order valence-electron chi connectivity index (χ1n) is 8.44. The molecule has 2 heteroatoms. The van der Waals surface area contributed by atoms with Crippen molar-refractivity contribution in [3.63, 3.8) is 0 Å². The minimum atomic E-state index is -0.253. The molecule has 1 atom stereocenters. The van der Waals surface area contributed by atoms with Gasteiger partial charge in [0.2, 0.25) is 0 Å². The predicted molar refractivity (Wildman–Crippen MR) is 91.5 cm³/mol. The van der Waals surface area contributed by atoms with Crippen molar-refractivity contribution in [2.45, 2.75) is 100 Å². The molecule has 1 saturated heterocycles. The van der Waals surface area contributed by atoms with Crippen molar-refractivity contribution in [3.8, 4) is 0 Å². The van der Waals surface area contributed by atoms with Crippen molar-refractivity contribution in [1.29, 1.82) is 0 Å². The zero-order valence-corrected chi connectivity index (χ0v) is 16.4. The molecule has 0 aliphatic carbocycles. The molecule has 0 amide bonds. The van der Waals surface area contributed by atoms with Gasteiger partial charge in [0.1, 0.15) is 0 Å². The Labute approximate surface area is 133 Å². The number of rotatable bonds is 0. The van der Waals surface area contributed by atoms with Crippen LogP contribution in [0.5, 0.6) is 0 Å². The maximum absolute atomic E-state index is 11.0. The summed E-state index contributed by atoms with van der Waals surface area (Å²) in [6, 6.07) is 0. The van der Waals surface area contributed by atoms with Crippen LogP contribution in [0.25, 0.3) is 0 Å². The van der Waals surface area contributed by atoms with Crippen molar-refractivity contribution >= 4 is 0 Å². The summed E-state index contributed by atoms with van der Waals surface area (Å²) >= 11 is 0. The molecule has 0 radical (unpaired) electrons. The smallest absolute Gasteiger partial charge is 0.0461 e. The third kappa shape index (κ3) is 3.32. The summed E-state index contributed by atoms with van der Waals surface area (Å²) in [5, 5.41) is 12.6. The molecule has 0 aromatic rings. The summed E-state index contributed by atoms with van der Waals surface area (Å²) < 4.78 is 0. The highest BCUT2D eigenvalue weighted by molar-refractivity contribution is 5.05. The Morgan fingerprint density at radius 1 is 0.905 bits per heavy atom. The zero-order chi connectivity index (χ0) is 17.1. The van der Waals surface area contributed by atoms with Gasteiger partial charge in [0, 0.05) is 11.1 Å². The predicted octanol–water partition coefficient (Wildman–Crippen LogP) is 5.74. The molecule has 0 saturated carbocycles. The molecule has 1 fully saturated rings. The van der Waals surface area contributed by atoms with Gasteiger partial charge in [0.05, 0.1) is 0 Å². The molecule has 0 bridgehead atoms. The number of hydrogen-bond donors (Lipinski definition) is 1. The van der Waals surface area contributed by atoms with E-state index in [1.807, 2.05) is 0 Å². The van der Waals surface area contributed by atoms with E-state index in [0.29, 0.717) is 5.92 Å². The monoisotopic (exact) mass is 297 g/mol. The summed E-state index contributed by atoms with van der Waals surface area (Å²) in [6.07, 6.45) is 2.13. The molecular weight excluding hydrogens is 258 g/mol. The van der Waals surface area contributed by atoms with Gasteiger partial charge in [-0.2, -0.15) is 5.06 Å². The maximum Gasteiger partial charge on any atom is 0.0461 e. The first kappa shape index (κ1) is 19.0. The molecule has 1 aliphatic rings. The minimum Gasteiger partial charge on any atom is -0.313 e. The minimum absolute atomic E-state index is 0.0342. The fourth-order valence-corrected chi connectivity index (χ4v) is 4.86. The number of hydrogen-bond acceptors (Lipinski definition) is 2. The number of hydroxylamine groups is 2. The van der Waals surface area contributed by atoms with Crippen LogP contribution in [-0.2, 0) is 0 Å². The van der Waals surface area contributed by atoms with E-state index in [0.717, 1.165) is 12.8 Å². The van der Waals surface area contributed by atoms with Gasteiger partial charge in [0.15, 0.2) is 0 Å². The van der Waals surface area contributed by atoms with Crippen molar-refractivity contribution < 1.29 is 5.21 Å². The third-order valence-corrected chi connectivity index (χ3v) is 6.35. The molecule has 1 aliphatic heterocycles. The Kier molecular flexibility index (Phi) is 4.48. The standard InChI is InChI=1S/C19H39NO/c1-15(2,3)14-12-18(8,9)20(21)19(10,11)17(6,7)13-16(14,4)5/h14,21H,12-13H2,1-11H3. The summed E-state index contributed by atoms with van der Waals surface area (Å²) in [5.74, 6) is 0.560. The van der Waals surface area contributed by atoms with Gasteiger partial charge in [-0.3, -0.25) is 0 Å². The van der Waals surface area contributed by atoms with E-state index in [-0.39, 0.29) is 27.3 Å². The lowest BCUT2D eigenvalue weighted by Gasteiger charge is -2.60. The topological polar surface area (TPSA) is 23.5 Å². The second kappa shape index (κ2) is 4.96. The van der Waals surface area contributed by atoms with Crippen molar-refractivity contribution in [2.75, 3.05) is 0 Å². The summed E-state index contributed by atoms with van der Waals surface area (Å²) in [6.45, 7) is 25.2. The van der Waals surface area contributed by atoms with Crippen LogP contribution in [-0.4, -0.2) is 21.3 Å². The average molecular weight is 298 g/mol. The van der Waals surface area contributed by atoms with Crippen molar-refractivity contribution in [1.82, 2.24) is 5.06 Å². The van der Waals surface area contributed by atoms with Gasteiger partial charge in [-0.15, -0.1) is 0 Å². The average Bonchev–Trinajstić information content (AvgIpc) is 2.20. The highest BCUT2D eigenvalue weighted by Gasteiger charge is 2.55. The van der Waals surface area contributed by atoms with E-state index in [4.69, 9.17) is 0 Å². The van der Waals surface area contributed by atoms with E-state index < -0.39 is 0 Å². The Morgan fingerprint density at radius 2 is 1.33 bits per heavy atom. The van der Waals surface area contributed by atoms with E-state index in [1.165, 1.54) is 0 Å². The lowest BCUT2D eigenvalue weighted by atomic mass is 9.53. The highest BCUT2D eigenvalue weighted by atomic mass is 16.5. The van der Waals surface area contributed by atoms with E-state index in [9.17, 15) is 5.21 Å². The quantitative estimate of drug-likeness (QED) is 0.616. The lowest BCUT2D eigenvalue weighted by molar-refractivity contribution is -0.274. The largest absolute Gasteiger partial charge is 0.313 e. The molecule has 1 rings (SSSR count). The molecule has 1 N–H and O–H groups in total. The normalized spacial score (nSPS) is 32.3. The van der Waals surface area contributed by atoms with Gasteiger partial charge >= 0.3 is 0 Å². The first-order chi connectivity index (χ1) is 8.95. The number of nitrogens with zero attached hydrogens (tertiary/aromatic N) is 1. The first-order valence-corrected chi connectivity index (χ1v) is 8.44. The lowest BCUT2D eigenvalue weighted by Crippen LogP contribution is -2.64. The van der Waals surface area contributed by atoms with E-state index in [2.05, 4.69) is 76.2 Å². The summed E-state index contributed by atoms with van der Waals surface area (Å²) in [5.41, 5.74) is 0.0379. The van der Waals surface area contributed by atoms with Gasteiger partial charge in [-0.05, 0) is 62.7 Å².